The number of ketones is 1. The van der Waals surface area contributed by atoms with Crippen LogP contribution in [0.25, 0.3) is 0 Å². The second-order valence-electron chi connectivity index (χ2n) is 7.81. The average molecular weight is 345 g/mol. The van der Waals surface area contributed by atoms with Crippen LogP contribution >= 0.6 is 0 Å². The van der Waals surface area contributed by atoms with Crippen molar-refractivity contribution in [1.29, 1.82) is 0 Å². The van der Waals surface area contributed by atoms with E-state index in [2.05, 4.69) is 4.90 Å². The SMILES string of the molecule is COCCN1CC[C@]23c4c5ccc(O)c4O[C@@H]2C(=O)CC[C@@]3(O)[C@H]1C5. The Bertz CT molecular complexity index is 764. The molecule has 25 heavy (non-hydrogen) atoms. The third-order valence-corrected chi connectivity index (χ3v) is 6.95. The number of hydrogen-bond donors (Lipinski definition) is 2. The van der Waals surface area contributed by atoms with E-state index in [0.29, 0.717) is 38.0 Å². The fourth-order valence-electron chi connectivity index (χ4n) is 5.89. The Morgan fingerprint density at radius 3 is 3.04 bits per heavy atom. The van der Waals surface area contributed by atoms with Gasteiger partial charge in [0.2, 0.25) is 0 Å². The van der Waals surface area contributed by atoms with Gasteiger partial charge in [-0.15, -0.1) is 0 Å². The molecule has 6 heteroatoms. The summed E-state index contributed by atoms with van der Waals surface area (Å²) < 4.78 is 11.2. The van der Waals surface area contributed by atoms with Gasteiger partial charge in [-0.1, -0.05) is 6.07 Å². The molecule has 134 valence electrons. The summed E-state index contributed by atoms with van der Waals surface area (Å²) in [6.07, 6.45) is 1.45. The number of benzene rings is 1. The number of piperidine rings is 1. The minimum atomic E-state index is -1.01. The van der Waals surface area contributed by atoms with Gasteiger partial charge in [0.1, 0.15) is 0 Å². The number of nitrogens with zero attached hydrogens (tertiary/aromatic N) is 1. The minimum absolute atomic E-state index is 0.0391. The summed E-state index contributed by atoms with van der Waals surface area (Å²) in [5.41, 5.74) is 0.236. The van der Waals surface area contributed by atoms with E-state index in [1.54, 1.807) is 13.2 Å². The van der Waals surface area contributed by atoms with Crippen LogP contribution in [0.4, 0.5) is 0 Å². The van der Waals surface area contributed by atoms with Gasteiger partial charge in [0.15, 0.2) is 23.4 Å². The number of methoxy groups -OCH3 is 1. The number of aromatic hydroxyl groups is 1. The van der Waals surface area contributed by atoms with Crippen molar-refractivity contribution in [3.8, 4) is 11.5 Å². The molecule has 4 atom stereocenters. The first-order chi connectivity index (χ1) is 12.0. The number of phenols is 1. The molecule has 0 unspecified atom stereocenters. The summed E-state index contributed by atoms with van der Waals surface area (Å²) >= 11 is 0. The standard InChI is InChI=1S/C19H23NO5/c1-24-9-8-20-7-6-18-15-11-2-3-12(21)16(15)25-17(18)13(22)4-5-19(18,23)14(20)10-11/h2-3,14,17,21,23H,4-10H2,1H3/t14-,17-,18+,19-/m1/s1. The highest BCUT2D eigenvalue weighted by Gasteiger charge is 2.73. The van der Waals surface area contributed by atoms with Crippen LogP contribution in [0.2, 0.25) is 0 Å². The third kappa shape index (κ3) is 1.68. The number of Topliss-reactive ketones (excluding diaryl/α,β-unsaturated/α-hetero) is 1. The summed E-state index contributed by atoms with van der Waals surface area (Å²) in [5.74, 6) is 0.523. The van der Waals surface area contributed by atoms with E-state index in [-0.39, 0.29) is 17.6 Å². The summed E-state index contributed by atoms with van der Waals surface area (Å²) in [7, 11) is 1.69. The molecule has 2 N–H and O–H groups in total. The zero-order valence-electron chi connectivity index (χ0n) is 14.3. The topological polar surface area (TPSA) is 79.2 Å². The Labute approximate surface area is 146 Å². The van der Waals surface area contributed by atoms with Gasteiger partial charge in [-0.25, -0.2) is 0 Å². The molecule has 0 amide bonds. The Kier molecular flexibility index (Phi) is 3.10. The summed E-state index contributed by atoms with van der Waals surface area (Å²) in [5, 5.41) is 22.2. The second-order valence-corrected chi connectivity index (χ2v) is 7.81. The lowest BCUT2D eigenvalue weighted by atomic mass is 9.49. The number of ether oxygens (including phenoxy) is 2. The molecule has 2 fully saturated rings. The molecule has 1 saturated heterocycles. The van der Waals surface area contributed by atoms with Crippen molar-refractivity contribution in [2.24, 2.45) is 0 Å². The average Bonchev–Trinajstić information content (AvgIpc) is 2.95. The predicted molar refractivity (Wildman–Crippen MR) is 88.9 cm³/mol. The molecular weight excluding hydrogens is 322 g/mol. The zero-order valence-corrected chi connectivity index (χ0v) is 14.3. The van der Waals surface area contributed by atoms with Gasteiger partial charge in [-0.2, -0.15) is 0 Å². The number of carbonyl (C=O) groups is 1. The summed E-state index contributed by atoms with van der Waals surface area (Å²) in [4.78, 5) is 15.0. The minimum Gasteiger partial charge on any atom is -0.504 e. The molecule has 2 heterocycles. The first kappa shape index (κ1) is 15.6. The molecule has 1 aromatic carbocycles. The van der Waals surface area contributed by atoms with E-state index >= 15 is 0 Å². The second kappa shape index (κ2) is 4.96. The van der Waals surface area contributed by atoms with Gasteiger partial charge in [0.05, 0.1) is 17.6 Å². The molecule has 4 aliphatic rings. The number of phenolic OH excluding ortho intramolecular Hbond substituents is 1. The summed E-state index contributed by atoms with van der Waals surface area (Å²) in [6.45, 7) is 2.17. The zero-order chi connectivity index (χ0) is 17.4. The fraction of sp³-hybridized carbons (Fsp3) is 0.632. The highest BCUT2D eigenvalue weighted by molar-refractivity contribution is 5.90. The van der Waals surface area contributed by atoms with Crippen molar-refractivity contribution in [3.63, 3.8) is 0 Å². The van der Waals surface area contributed by atoms with Crippen LogP contribution in [0.5, 0.6) is 11.5 Å². The lowest BCUT2D eigenvalue weighted by molar-refractivity contribution is -0.189. The number of aliphatic hydroxyl groups is 1. The van der Waals surface area contributed by atoms with Crippen molar-refractivity contribution < 1.29 is 24.5 Å². The number of likely N-dealkylation sites (tertiary alicyclic amines) is 1. The van der Waals surface area contributed by atoms with Gasteiger partial charge < -0.3 is 19.7 Å². The van der Waals surface area contributed by atoms with Crippen molar-refractivity contribution in [2.75, 3.05) is 26.8 Å². The first-order valence-electron chi connectivity index (χ1n) is 9.03. The van der Waals surface area contributed by atoms with Crippen LogP contribution in [-0.4, -0.2) is 65.4 Å². The monoisotopic (exact) mass is 345 g/mol. The van der Waals surface area contributed by atoms with Gasteiger partial charge in [0, 0.05) is 31.7 Å². The molecular formula is C19H23NO5. The van der Waals surface area contributed by atoms with E-state index in [4.69, 9.17) is 9.47 Å². The van der Waals surface area contributed by atoms with Crippen molar-refractivity contribution in [3.05, 3.63) is 23.3 Å². The van der Waals surface area contributed by atoms with E-state index in [0.717, 1.165) is 24.2 Å². The number of carbonyl (C=O) groups excluding carboxylic acids is 1. The van der Waals surface area contributed by atoms with Crippen LogP contribution < -0.4 is 4.74 Å². The molecule has 2 aliphatic heterocycles. The predicted octanol–water partition coefficient (Wildman–Crippen LogP) is 0.762. The van der Waals surface area contributed by atoms with E-state index in [9.17, 15) is 15.0 Å². The highest BCUT2D eigenvalue weighted by atomic mass is 16.5. The maximum Gasteiger partial charge on any atom is 0.174 e. The van der Waals surface area contributed by atoms with E-state index in [1.807, 2.05) is 6.07 Å². The van der Waals surface area contributed by atoms with Gasteiger partial charge in [-0.3, -0.25) is 9.69 Å². The van der Waals surface area contributed by atoms with Crippen molar-refractivity contribution in [1.82, 2.24) is 4.90 Å². The van der Waals surface area contributed by atoms with E-state index in [1.165, 1.54) is 0 Å². The molecule has 1 aromatic rings. The van der Waals surface area contributed by atoms with E-state index < -0.39 is 17.1 Å². The number of rotatable bonds is 3. The molecule has 1 saturated carbocycles. The largest absolute Gasteiger partial charge is 0.504 e. The Balaban J connectivity index is 1.72. The molecule has 0 aromatic heterocycles. The van der Waals surface area contributed by atoms with Crippen LogP contribution in [0.1, 0.15) is 30.4 Å². The molecule has 6 nitrogen and oxygen atoms in total. The first-order valence-corrected chi connectivity index (χ1v) is 9.03. The Hall–Kier alpha value is -1.63. The molecule has 0 radical (unpaired) electrons. The Morgan fingerprint density at radius 2 is 2.24 bits per heavy atom. The van der Waals surface area contributed by atoms with Crippen LogP contribution in [0.3, 0.4) is 0 Å². The van der Waals surface area contributed by atoms with Crippen LogP contribution in [0.15, 0.2) is 12.1 Å². The highest BCUT2D eigenvalue weighted by Crippen LogP contribution is 2.64. The number of hydrogen-bond acceptors (Lipinski definition) is 6. The molecule has 2 aliphatic carbocycles. The maximum absolute atomic E-state index is 12.7. The van der Waals surface area contributed by atoms with Crippen molar-refractivity contribution in [2.45, 2.75) is 48.8 Å². The Morgan fingerprint density at radius 1 is 1.40 bits per heavy atom. The van der Waals surface area contributed by atoms with Crippen molar-refractivity contribution >= 4 is 5.78 Å². The summed E-state index contributed by atoms with van der Waals surface area (Å²) in [6, 6.07) is 3.51. The van der Waals surface area contributed by atoms with Gasteiger partial charge in [-0.05, 0) is 37.4 Å². The lowest BCUT2D eigenvalue weighted by Gasteiger charge is -2.62. The van der Waals surface area contributed by atoms with Crippen LogP contribution in [0, 0.1) is 0 Å². The molecule has 5 rings (SSSR count). The molecule has 1 spiro atoms. The van der Waals surface area contributed by atoms with Gasteiger partial charge in [0.25, 0.3) is 0 Å². The lowest BCUT2D eigenvalue weighted by Crippen LogP contribution is -2.76. The normalized spacial score (nSPS) is 38.4. The third-order valence-electron chi connectivity index (χ3n) is 6.95. The maximum atomic E-state index is 12.7. The fourth-order valence-corrected chi connectivity index (χ4v) is 5.89. The smallest absolute Gasteiger partial charge is 0.174 e. The van der Waals surface area contributed by atoms with Crippen LogP contribution in [-0.2, 0) is 21.4 Å². The quantitative estimate of drug-likeness (QED) is 0.842. The molecule has 2 bridgehead atoms. The van der Waals surface area contributed by atoms with Gasteiger partial charge >= 0.3 is 0 Å².